The molecule has 0 spiro atoms. The molecule has 1 atom stereocenters. The molecule has 1 aromatic rings. The zero-order valence-corrected chi connectivity index (χ0v) is 11.5. The van der Waals surface area contributed by atoms with Gasteiger partial charge >= 0.3 is 0 Å². The van der Waals surface area contributed by atoms with Crippen LogP contribution in [0.25, 0.3) is 0 Å². The van der Waals surface area contributed by atoms with E-state index in [1.807, 2.05) is 0 Å². The number of nitrogens with one attached hydrogen (secondary N) is 1. The molecule has 1 heterocycles. The second-order valence-corrected chi connectivity index (χ2v) is 8.24. The highest BCUT2D eigenvalue weighted by molar-refractivity contribution is 7.92. The van der Waals surface area contributed by atoms with Crippen molar-refractivity contribution in [3.63, 3.8) is 0 Å². The Balaban J connectivity index is 2.27. The summed E-state index contributed by atoms with van der Waals surface area (Å²) in [4.78, 5) is -0.123. The van der Waals surface area contributed by atoms with Gasteiger partial charge in [-0.25, -0.2) is 21.6 Å². The predicted molar refractivity (Wildman–Crippen MR) is 68.5 cm³/mol. The third kappa shape index (κ3) is 3.12. The van der Waals surface area contributed by atoms with Crippen molar-refractivity contribution in [3.05, 3.63) is 29.8 Å². The van der Waals surface area contributed by atoms with Crippen molar-refractivity contribution in [2.45, 2.75) is 17.4 Å². The molecule has 0 radical (unpaired) electrons. The van der Waals surface area contributed by atoms with Gasteiger partial charge in [-0.05, 0) is 18.6 Å². The van der Waals surface area contributed by atoms with Gasteiger partial charge in [-0.15, -0.1) is 0 Å². The lowest BCUT2D eigenvalue weighted by molar-refractivity contribution is 0.562. The quantitative estimate of drug-likeness (QED) is 0.847. The fraction of sp³-hybridized carbons (Fsp3) is 0.364. The Labute approximate surface area is 112 Å². The highest BCUT2D eigenvalue weighted by atomic mass is 32.2. The summed E-state index contributed by atoms with van der Waals surface area (Å²) in [5.41, 5.74) is 0.0378. The molecule has 8 heteroatoms. The first-order valence-electron chi connectivity index (χ1n) is 5.56. The maximum absolute atomic E-state index is 12.1. The molecule has 2 rings (SSSR count). The normalized spacial score (nSPS) is 21.9. The Hall–Kier alpha value is -1.43. The Bertz CT molecular complexity index is 732. The minimum Gasteiger partial charge on any atom is -0.229 e. The molecule has 1 aliphatic rings. The van der Waals surface area contributed by atoms with Crippen molar-refractivity contribution < 1.29 is 16.8 Å². The van der Waals surface area contributed by atoms with Crippen LogP contribution in [0.5, 0.6) is 0 Å². The number of hydrogen-bond acceptors (Lipinski definition) is 5. The SMILES string of the molecule is N#Cc1ccccc1S(=O)(=O)N[C@@H]1CCS(=O)(=O)C1. The first-order chi connectivity index (χ1) is 8.84. The third-order valence-corrected chi connectivity index (χ3v) is 6.20. The maximum Gasteiger partial charge on any atom is 0.242 e. The smallest absolute Gasteiger partial charge is 0.229 e. The molecule has 0 aromatic heterocycles. The van der Waals surface area contributed by atoms with E-state index in [1.165, 1.54) is 18.2 Å². The van der Waals surface area contributed by atoms with Crippen molar-refractivity contribution in [3.8, 4) is 6.07 Å². The molecular formula is C11H12N2O4S2. The van der Waals surface area contributed by atoms with E-state index in [0.717, 1.165) is 0 Å². The lowest BCUT2D eigenvalue weighted by Gasteiger charge is -2.12. The molecule has 0 saturated carbocycles. The van der Waals surface area contributed by atoms with E-state index in [-0.39, 0.29) is 28.4 Å². The Kier molecular flexibility index (Phi) is 3.62. The van der Waals surface area contributed by atoms with E-state index in [2.05, 4.69) is 4.72 Å². The van der Waals surface area contributed by atoms with Crippen LogP contribution in [0.4, 0.5) is 0 Å². The van der Waals surface area contributed by atoms with Gasteiger partial charge in [0.25, 0.3) is 0 Å². The highest BCUT2D eigenvalue weighted by Gasteiger charge is 2.32. The monoisotopic (exact) mass is 300 g/mol. The maximum atomic E-state index is 12.1. The molecular weight excluding hydrogens is 288 g/mol. The van der Waals surface area contributed by atoms with Gasteiger partial charge in [0.15, 0.2) is 9.84 Å². The standard InChI is InChI=1S/C11H12N2O4S2/c12-7-9-3-1-2-4-11(9)19(16,17)13-10-5-6-18(14,15)8-10/h1-4,10,13H,5-6,8H2/t10-/m1/s1. The number of rotatable bonds is 3. The third-order valence-electron chi connectivity index (χ3n) is 2.85. The van der Waals surface area contributed by atoms with Crippen molar-refractivity contribution in [2.24, 2.45) is 0 Å². The minimum absolute atomic E-state index is 0.0138. The van der Waals surface area contributed by atoms with Crippen LogP contribution in [0, 0.1) is 11.3 Å². The fourth-order valence-electron chi connectivity index (χ4n) is 1.96. The molecule has 19 heavy (non-hydrogen) atoms. The van der Waals surface area contributed by atoms with Gasteiger partial charge in [-0.1, -0.05) is 12.1 Å². The molecule has 102 valence electrons. The van der Waals surface area contributed by atoms with E-state index in [0.29, 0.717) is 0 Å². The minimum atomic E-state index is -3.87. The molecule has 1 N–H and O–H groups in total. The highest BCUT2D eigenvalue weighted by Crippen LogP contribution is 2.18. The van der Waals surface area contributed by atoms with Crippen molar-refractivity contribution in [1.29, 1.82) is 5.26 Å². The summed E-state index contributed by atoms with van der Waals surface area (Å²) in [7, 11) is -7.03. The zero-order valence-electron chi connectivity index (χ0n) is 9.90. The first-order valence-corrected chi connectivity index (χ1v) is 8.86. The summed E-state index contributed by atoms with van der Waals surface area (Å²) in [6.45, 7) is 0. The van der Waals surface area contributed by atoms with E-state index in [4.69, 9.17) is 5.26 Å². The van der Waals surface area contributed by atoms with Crippen molar-refractivity contribution >= 4 is 19.9 Å². The largest absolute Gasteiger partial charge is 0.242 e. The first kappa shape index (κ1) is 14.0. The van der Waals surface area contributed by atoms with Crippen molar-refractivity contribution in [1.82, 2.24) is 4.72 Å². The Morgan fingerprint density at radius 1 is 1.32 bits per heavy atom. The molecule has 0 amide bonds. The number of sulfone groups is 1. The molecule has 1 aromatic carbocycles. The molecule has 1 fully saturated rings. The topological polar surface area (TPSA) is 104 Å². The van der Waals surface area contributed by atoms with Crippen LogP contribution in [0.3, 0.4) is 0 Å². The van der Waals surface area contributed by atoms with Crippen LogP contribution in [-0.2, 0) is 19.9 Å². The Morgan fingerprint density at radius 2 is 2.00 bits per heavy atom. The predicted octanol–water partition coefficient (Wildman–Crippen LogP) is 0.0237. The van der Waals surface area contributed by atoms with Gasteiger partial charge in [0.2, 0.25) is 10.0 Å². The molecule has 0 bridgehead atoms. The zero-order chi connectivity index (χ0) is 14.1. The number of nitrogens with zero attached hydrogens (tertiary/aromatic N) is 1. The fourth-order valence-corrected chi connectivity index (χ4v) is 5.17. The second-order valence-electron chi connectivity index (χ2n) is 4.33. The lowest BCUT2D eigenvalue weighted by Crippen LogP contribution is -2.35. The summed E-state index contributed by atoms with van der Waals surface area (Å²) in [6.07, 6.45) is 0.260. The summed E-state index contributed by atoms with van der Waals surface area (Å²) in [5, 5.41) is 8.89. The average Bonchev–Trinajstić information content (AvgIpc) is 2.67. The van der Waals surface area contributed by atoms with E-state index >= 15 is 0 Å². The summed E-state index contributed by atoms with van der Waals surface area (Å²) in [5.74, 6) is -0.207. The van der Waals surface area contributed by atoms with Crippen LogP contribution in [0.1, 0.15) is 12.0 Å². The van der Waals surface area contributed by atoms with Gasteiger partial charge in [0, 0.05) is 6.04 Å². The van der Waals surface area contributed by atoms with Crippen LogP contribution < -0.4 is 4.72 Å². The molecule has 0 unspecified atom stereocenters. The summed E-state index contributed by atoms with van der Waals surface area (Å²) < 4.78 is 49.2. The summed E-state index contributed by atoms with van der Waals surface area (Å²) >= 11 is 0. The van der Waals surface area contributed by atoms with Crippen LogP contribution in [0.15, 0.2) is 29.2 Å². The van der Waals surface area contributed by atoms with Crippen LogP contribution >= 0.6 is 0 Å². The van der Waals surface area contributed by atoms with Crippen molar-refractivity contribution in [2.75, 3.05) is 11.5 Å². The number of hydrogen-bond donors (Lipinski definition) is 1. The van der Waals surface area contributed by atoms with Crippen LogP contribution in [0.2, 0.25) is 0 Å². The number of sulfonamides is 1. The van der Waals surface area contributed by atoms with Gasteiger partial charge in [0.1, 0.15) is 6.07 Å². The van der Waals surface area contributed by atoms with Gasteiger partial charge < -0.3 is 0 Å². The number of benzene rings is 1. The second kappa shape index (κ2) is 4.92. The average molecular weight is 300 g/mol. The van der Waals surface area contributed by atoms with Gasteiger partial charge in [0.05, 0.1) is 22.0 Å². The molecule has 6 nitrogen and oxygen atoms in total. The molecule has 0 aliphatic carbocycles. The Morgan fingerprint density at radius 3 is 2.58 bits per heavy atom. The van der Waals surface area contributed by atoms with E-state index in [9.17, 15) is 16.8 Å². The molecule has 1 saturated heterocycles. The van der Waals surface area contributed by atoms with E-state index in [1.54, 1.807) is 12.1 Å². The number of nitriles is 1. The summed E-state index contributed by atoms with van der Waals surface area (Å²) in [6, 6.07) is 6.99. The van der Waals surface area contributed by atoms with Gasteiger partial charge in [-0.2, -0.15) is 5.26 Å². The van der Waals surface area contributed by atoms with Crippen LogP contribution in [-0.4, -0.2) is 34.4 Å². The lowest BCUT2D eigenvalue weighted by atomic mass is 10.2. The molecule has 1 aliphatic heterocycles. The van der Waals surface area contributed by atoms with Gasteiger partial charge in [-0.3, -0.25) is 0 Å². The van der Waals surface area contributed by atoms with E-state index < -0.39 is 25.9 Å².